The summed E-state index contributed by atoms with van der Waals surface area (Å²) in [4.78, 5) is 21.4. The van der Waals surface area contributed by atoms with Crippen LogP contribution in [0.25, 0.3) is 0 Å². The molecule has 0 radical (unpaired) electrons. The van der Waals surface area contributed by atoms with Crippen LogP contribution in [-0.2, 0) is 20.7 Å². The van der Waals surface area contributed by atoms with Crippen LogP contribution in [0.15, 0.2) is 16.8 Å². The van der Waals surface area contributed by atoms with Crippen molar-refractivity contribution in [2.45, 2.75) is 12.5 Å². The predicted molar refractivity (Wildman–Crippen MR) is 53.0 cm³/mol. The zero-order valence-corrected chi connectivity index (χ0v) is 8.54. The van der Waals surface area contributed by atoms with Gasteiger partial charge in [0, 0.05) is 6.42 Å². The molecule has 1 atom stereocenters. The highest BCUT2D eigenvalue weighted by Crippen LogP contribution is 2.09. The number of hydrogen-bond acceptors (Lipinski definition) is 4. The number of esters is 1. The summed E-state index contributed by atoms with van der Waals surface area (Å²) >= 11 is 1.55. The number of rotatable bonds is 5. The summed E-state index contributed by atoms with van der Waals surface area (Å²) in [6.07, 6.45) is 0.975. The lowest BCUT2D eigenvalue weighted by Gasteiger charge is -2.12. The van der Waals surface area contributed by atoms with E-state index < -0.39 is 12.0 Å². The first kappa shape index (κ1) is 10.7. The van der Waals surface area contributed by atoms with Gasteiger partial charge in [0.2, 0.25) is 6.41 Å². The van der Waals surface area contributed by atoms with E-state index in [1.165, 1.54) is 7.11 Å². The molecule has 1 rings (SSSR count). The fourth-order valence-corrected chi connectivity index (χ4v) is 1.76. The Morgan fingerprint density at radius 3 is 3.07 bits per heavy atom. The lowest BCUT2D eigenvalue weighted by atomic mass is 10.1. The Morgan fingerprint density at radius 2 is 2.57 bits per heavy atom. The van der Waals surface area contributed by atoms with Crippen LogP contribution in [0.2, 0.25) is 0 Å². The van der Waals surface area contributed by atoms with E-state index >= 15 is 0 Å². The molecule has 0 aliphatic carbocycles. The summed E-state index contributed by atoms with van der Waals surface area (Å²) in [5, 5.41) is 6.28. The van der Waals surface area contributed by atoms with Gasteiger partial charge in [-0.1, -0.05) is 0 Å². The van der Waals surface area contributed by atoms with Gasteiger partial charge in [-0.15, -0.1) is 0 Å². The second-order valence-corrected chi connectivity index (χ2v) is 3.48. The number of carbonyl (C=O) groups is 2. The van der Waals surface area contributed by atoms with Gasteiger partial charge in [0.05, 0.1) is 7.11 Å². The summed E-state index contributed by atoms with van der Waals surface area (Å²) in [7, 11) is 1.30. The van der Waals surface area contributed by atoms with Crippen LogP contribution in [0.3, 0.4) is 0 Å². The molecular weight excluding hydrogens is 202 g/mol. The van der Waals surface area contributed by atoms with Gasteiger partial charge in [-0.05, 0) is 22.4 Å². The summed E-state index contributed by atoms with van der Waals surface area (Å²) in [6, 6.07) is 1.32. The third-order valence-electron chi connectivity index (χ3n) is 1.77. The molecule has 1 aromatic rings. The zero-order chi connectivity index (χ0) is 10.4. The Balaban J connectivity index is 2.59. The molecule has 0 bridgehead atoms. The van der Waals surface area contributed by atoms with Gasteiger partial charge >= 0.3 is 5.97 Å². The maximum absolute atomic E-state index is 11.2. The summed E-state index contributed by atoms with van der Waals surface area (Å²) in [5.41, 5.74) is 1.01. The van der Waals surface area contributed by atoms with E-state index in [-0.39, 0.29) is 0 Å². The highest BCUT2D eigenvalue weighted by atomic mass is 32.1. The highest BCUT2D eigenvalue weighted by Gasteiger charge is 2.18. The third-order valence-corrected chi connectivity index (χ3v) is 2.51. The normalized spacial score (nSPS) is 11.8. The Bertz CT molecular complexity index is 297. The SMILES string of the molecule is COC(=O)C(Cc1ccsc1)NC=O. The van der Waals surface area contributed by atoms with Crippen LogP contribution in [0, 0.1) is 0 Å². The van der Waals surface area contributed by atoms with E-state index in [0.29, 0.717) is 12.8 Å². The third kappa shape index (κ3) is 2.85. The van der Waals surface area contributed by atoms with Crippen LogP contribution in [0.5, 0.6) is 0 Å². The second kappa shape index (κ2) is 5.39. The minimum atomic E-state index is -0.591. The average molecular weight is 213 g/mol. The number of thiophene rings is 1. The molecule has 76 valence electrons. The highest BCUT2D eigenvalue weighted by molar-refractivity contribution is 7.07. The molecule has 0 spiro atoms. The lowest BCUT2D eigenvalue weighted by molar-refractivity contribution is -0.144. The first-order valence-corrected chi connectivity index (χ1v) is 5.00. The standard InChI is InChI=1S/C9H11NO3S/c1-13-9(12)8(10-6-11)4-7-2-3-14-5-7/h2-3,5-6,8H,4H2,1H3,(H,10,11). The molecule has 0 saturated carbocycles. The lowest BCUT2D eigenvalue weighted by Crippen LogP contribution is -2.38. The van der Waals surface area contributed by atoms with Crippen molar-refractivity contribution < 1.29 is 14.3 Å². The van der Waals surface area contributed by atoms with Gasteiger partial charge in [-0.25, -0.2) is 4.79 Å². The van der Waals surface area contributed by atoms with Gasteiger partial charge in [0.25, 0.3) is 0 Å². The number of carbonyl (C=O) groups excluding carboxylic acids is 2. The molecule has 1 N–H and O–H groups in total. The van der Waals surface area contributed by atoms with Crippen molar-refractivity contribution >= 4 is 23.7 Å². The topological polar surface area (TPSA) is 55.4 Å². The van der Waals surface area contributed by atoms with E-state index in [1.807, 2.05) is 16.8 Å². The van der Waals surface area contributed by atoms with Crippen molar-refractivity contribution in [3.05, 3.63) is 22.4 Å². The van der Waals surface area contributed by atoms with Crippen molar-refractivity contribution in [1.29, 1.82) is 0 Å². The quantitative estimate of drug-likeness (QED) is 0.575. The fourth-order valence-electron chi connectivity index (χ4n) is 1.08. The molecule has 0 aromatic carbocycles. The Hall–Kier alpha value is -1.36. The van der Waals surface area contributed by atoms with Crippen molar-refractivity contribution in [3.8, 4) is 0 Å². The summed E-state index contributed by atoms with van der Waals surface area (Å²) in [6.45, 7) is 0. The molecule has 4 nitrogen and oxygen atoms in total. The van der Waals surface area contributed by atoms with Crippen LogP contribution in [-0.4, -0.2) is 25.5 Å². The van der Waals surface area contributed by atoms with E-state index in [1.54, 1.807) is 11.3 Å². The molecular formula is C9H11NO3S. The Morgan fingerprint density at radius 1 is 1.79 bits per heavy atom. The molecule has 0 aliphatic rings. The molecule has 0 saturated heterocycles. The first-order chi connectivity index (χ1) is 6.77. The van der Waals surface area contributed by atoms with Crippen molar-refractivity contribution in [2.75, 3.05) is 7.11 Å². The Kier molecular flexibility index (Phi) is 4.12. The smallest absolute Gasteiger partial charge is 0.328 e. The first-order valence-electron chi connectivity index (χ1n) is 4.06. The average Bonchev–Trinajstić information content (AvgIpc) is 2.68. The molecule has 0 aliphatic heterocycles. The molecule has 0 fully saturated rings. The number of amides is 1. The molecule has 1 heterocycles. The minimum Gasteiger partial charge on any atom is -0.467 e. The summed E-state index contributed by atoms with van der Waals surface area (Å²) < 4.78 is 4.56. The second-order valence-electron chi connectivity index (χ2n) is 2.70. The van der Waals surface area contributed by atoms with Gasteiger partial charge in [-0.2, -0.15) is 11.3 Å². The van der Waals surface area contributed by atoms with Crippen molar-refractivity contribution in [2.24, 2.45) is 0 Å². The van der Waals surface area contributed by atoms with Gasteiger partial charge < -0.3 is 10.1 Å². The maximum Gasteiger partial charge on any atom is 0.328 e. The molecule has 1 aromatic heterocycles. The molecule has 5 heteroatoms. The Labute approximate surface area is 85.9 Å². The van der Waals surface area contributed by atoms with Gasteiger partial charge in [0.1, 0.15) is 6.04 Å². The van der Waals surface area contributed by atoms with Gasteiger partial charge in [0.15, 0.2) is 0 Å². The molecule has 1 amide bonds. The van der Waals surface area contributed by atoms with Crippen molar-refractivity contribution in [3.63, 3.8) is 0 Å². The van der Waals surface area contributed by atoms with Crippen molar-refractivity contribution in [1.82, 2.24) is 5.32 Å². The van der Waals surface area contributed by atoms with Crippen LogP contribution >= 0.6 is 11.3 Å². The minimum absolute atomic E-state index is 0.427. The predicted octanol–water partition coefficient (Wildman–Crippen LogP) is 0.578. The van der Waals surface area contributed by atoms with Crippen LogP contribution in [0.4, 0.5) is 0 Å². The zero-order valence-electron chi connectivity index (χ0n) is 7.73. The van der Waals surface area contributed by atoms with E-state index in [4.69, 9.17) is 0 Å². The molecule has 1 unspecified atom stereocenters. The monoisotopic (exact) mass is 213 g/mol. The van der Waals surface area contributed by atoms with E-state index in [0.717, 1.165) is 5.56 Å². The van der Waals surface area contributed by atoms with E-state index in [9.17, 15) is 9.59 Å². The number of ether oxygens (including phenoxy) is 1. The number of methoxy groups -OCH3 is 1. The van der Waals surface area contributed by atoms with Gasteiger partial charge in [-0.3, -0.25) is 4.79 Å². The van der Waals surface area contributed by atoms with E-state index in [2.05, 4.69) is 10.1 Å². The fraction of sp³-hybridized carbons (Fsp3) is 0.333. The maximum atomic E-state index is 11.2. The van der Waals surface area contributed by atoms with Crippen LogP contribution < -0.4 is 5.32 Å². The largest absolute Gasteiger partial charge is 0.467 e. The number of nitrogens with one attached hydrogen (secondary N) is 1. The van der Waals surface area contributed by atoms with Crippen LogP contribution in [0.1, 0.15) is 5.56 Å². The summed E-state index contributed by atoms with van der Waals surface area (Å²) in [5.74, 6) is -0.427. The molecule has 14 heavy (non-hydrogen) atoms. The number of hydrogen-bond donors (Lipinski definition) is 1.